The van der Waals surface area contributed by atoms with Crippen LogP contribution < -0.4 is 0 Å². The zero-order valence-electron chi connectivity index (χ0n) is 55.6. The van der Waals surface area contributed by atoms with Gasteiger partial charge in [-0.1, -0.05) is 234 Å². The van der Waals surface area contributed by atoms with Crippen LogP contribution in [-0.2, 0) is 55.8 Å². The van der Waals surface area contributed by atoms with Gasteiger partial charge in [-0.05, 0) is 122 Å². The van der Waals surface area contributed by atoms with Gasteiger partial charge in [0.1, 0.15) is 25.4 Å². The second kappa shape index (κ2) is 64.6. The minimum Gasteiger partial charge on any atom is -0.463 e. The molecule has 0 saturated carbocycles. The van der Waals surface area contributed by atoms with Gasteiger partial charge in [0.2, 0.25) is 0 Å². The SMILES string of the molecule is CC/C=C\C/C=C\C/C=C\C/C=C\C/C=C\C/C=C\CCCCCCC(=O)OCC(O)COP(=O)(O)OCC(O)COP(=O)(O)OCC(COC(=O)CCCCCCC/C=C\CCCCCCCC)OC(=O)CCCCCCC/C=C\CCCCCCCC. The van der Waals surface area contributed by atoms with Crippen LogP contribution in [0.3, 0.4) is 0 Å². The molecule has 0 aliphatic carbocycles. The normalized spacial score (nSPS) is 14.8. The van der Waals surface area contributed by atoms with E-state index in [1.807, 2.05) is 0 Å². The molecule has 0 aliphatic rings. The van der Waals surface area contributed by atoms with Gasteiger partial charge in [-0.3, -0.25) is 32.5 Å². The standard InChI is InChI=1S/C71H124O16P2/c1-4-7-10-13-16-19-22-25-28-29-30-31-32-33-34-35-38-40-42-45-48-51-54-57-69(74)81-60-66(72)61-83-88(77,78)84-62-67(73)63-85-89(79,80)86-65-68(87-71(76)59-56-53-50-47-44-41-37-27-24-21-18-15-12-9-6-3)64-82-70(75)58-55-52-49-46-43-39-36-26-23-20-17-14-11-8-5-2/h7,10,16,19,25-28,30-31,33-34,36-38,40,66-68,72-73H,4-6,8-9,11-15,17-18,20-24,29,32,35,39,41-65H2,1-3H3,(H,77,78)(H,79,80)/b10-7-,19-16-,28-25-,31-30-,34-33-,36-26-,37-27-,40-38-. The van der Waals surface area contributed by atoms with Crippen LogP contribution in [0.2, 0.25) is 0 Å². The topological polar surface area (TPSA) is 231 Å². The number of hydrogen-bond donors (Lipinski definition) is 4. The number of aliphatic hydroxyl groups excluding tert-OH is 2. The van der Waals surface area contributed by atoms with Gasteiger partial charge in [0.15, 0.2) is 6.10 Å². The molecule has 0 aromatic heterocycles. The molecule has 0 bridgehead atoms. The summed E-state index contributed by atoms with van der Waals surface area (Å²) < 4.78 is 60.8. The molecular weight excluding hydrogens is 1170 g/mol. The van der Waals surface area contributed by atoms with Crippen LogP contribution >= 0.6 is 15.6 Å². The maximum atomic E-state index is 12.9. The Bertz CT molecular complexity index is 2010. The van der Waals surface area contributed by atoms with Gasteiger partial charge in [0, 0.05) is 19.3 Å². The molecule has 0 aliphatic heterocycles. The molecule has 5 unspecified atom stereocenters. The molecule has 0 amide bonds. The first-order chi connectivity index (χ1) is 43.2. The fraction of sp³-hybridized carbons (Fsp3) is 0.732. The predicted octanol–water partition coefficient (Wildman–Crippen LogP) is 19.1. The minimum atomic E-state index is -4.93. The number of phosphoric acid groups is 2. The van der Waals surface area contributed by atoms with Crippen LogP contribution in [0.1, 0.15) is 278 Å². The quantitative estimate of drug-likeness (QED) is 0.0146. The molecule has 16 nitrogen and oxygen atoms in total. The van der Waals surface area contributed by atoms with E-state index in [1.54, 1.807) is 0 Å². The fourth-order valence-electron chi connectivity index (χ4n) is 8.97. The molecule has 89 heavy (non-hydrogen) atoms. The molecule has 0 saturated heterocycles. The van der Waals surface area contributed by atoms with Gasteiger partial charge >= 0.3 is 33.6 Å². The molecule has 4 N–H and O–H groups in total. The molecule has 0 fully saturated rings. The zero-order valence-corrected chi connectivity index (χ0v) is 57.4. The Balaban J connectivity index is 4.64. The molecule has 0 rings (SSSR count). The highest BCUT2D eigenvalue weighted by molar-refractivity contribution is 7.47. The third-order valence-electron chi connectivity index (χ3n) is 14.3. The van der Waals surface area contributed by atoms with E-state index in [4.69, 9.17) is 32.3 Å². The maximum Gasteiger partial charge on any atom is 0.472 e. The van der Waals surface area contributed by atoms with Crippen LogP contribution in [0.5, 0.6) is 0 Å². The molecule has 0 radical (unpaired) electrons. The van der Waals surface area contributed by atoms with Crippen molar-refractivity contribution >= 4 is 33.6 Å². The molecule has 18 heteroatoms. The van der Waals surface area contributed by atoms with Crippen molar-refractivity contribution in [3.63, 3.8) is 0 Å². The summed E-state index contributed by atoms with van der Waals surface area (Å²) in [5.41, 5.74) is 0. The first-order valence-electron chi connectivity index (χ1n) is 34.5. The van der Waals surface area contributed by atoms with Crippen molar-refractivity contribution in [1.82, 2.24) is 0 Å². The van der Waals surface area contributed by atoms with Gasteiger partial charge in [-0.25, -0.2) is 9.13 Å². The highest BCUT2D eigenvalue weighted by Gasteiger charge is 2.29. The Morgan fingerprint density at radius 2 is 0.596 bits per heavy atom. The van der Waals surface area contributed by atoms with Crippen LogP contribution in [0.15, 0.2) is 97.2 Å². The lowest BCUT2D eigenvalue weighted by atomic mass is 10.1. The second-order valence-corrected chi connectivity index (χ2v) is 25.8. The van der Waals surface area contributed by atoms with Crippen LogP contribution in [0, 0.1) is 0 Å². The second-order valence-electron chi connectivity index (χ2n) is 22.9. The zero-order chi connectivity index (χ0) is 65.3. The maximum absolute atomic E-state index is 12.9. The van der Waals surface area contributed by atoms with Gasteiger partial charge in [-0.15, -0.1) is 0 Å². The number of carbonyl (C=O) groups excluding carboxylic acids is 3. The lowest BCUT2D eigenvalue weighted by Gasteiger charge is -2.21. The average Bonchev–Trinajstić information content (AvgIpc) is 3.65. The van der Waals surface area contributed by atoms with Gasteiger partial charge in [-0.2, -0.15) is 0 Å². The molecule has 5 atom stereocenters. The van der Waals surface area contributed by atoms with E-state index in [0.717, 1.165) is 141 Å². The smallest absolute Gasteiger partial charge is 0.463 e. The van der Waals surface area contributed by atoms with Crippen molar-refractivity contribution in [3.05, 3.63) is 97.2 Å². The number of phosphoric ester groups is 2. The monoisotopic (exact) mass is 1290 g/mol. The van der Waals surface area contributed by atoms with Crippen molar-refractivity contribution < 1.29 is 75.8 Å². The molecule has 0 aromatic rings. The Morgan fingerprint density at radius 1 is 0.326 bits per heavy atom. The summed E-state index contributed by atoms with van der Waals surface area (Å²) >= 11 is 0. The summed E-state index contributed by atoms with van der Waals surface area (Å²) in [5, 5.41) is 20.5. The largest absolute Gasteiger partial charge is 0.472 e. The van der Waals surface area contributed by atoms with Gasteiger partial charge < -0.3 is 34.2 Å². The Labute approximate surface area is 539 Å². The van der Waals surface area contributed by atoms with Crippen molar-refractivity contribution in [2.24, 2.45) is 0 Å². The summed E-state index contributed by atoms with van der Waals surface area (Å²) in [6.07, 6.45) is 70.3. The number of aliphatic hydroxyl groups is 2. The first-order valence-corrected chi connectivity index (χ1v) is 37.5. The lowest BCUT2D eigenvalue weighted by Crippen LogP contribution is -2.30. The molecule has 0 heterocycles. The summed E-state index contributed by atoms with van der Waals surface area (Å²) in [7, 11) is -9.78. The van der Waals surface area contributed by atoms with Crippen molar-refractivity contribution in [2.75, 3.05) is 39.6 Å². The number of unbranched alkanes of at least 4 members (excludes halogenated alkanes) is 26. The summed E-state index contributed by atoms with van der Waals surface area (Å²) in [6, 6.07) is 0. The molecule has 0 spiro atoms. The van der Waals surface area contributed by atoms with E-state index in [0.29, 0.717) is 19.3 Å². The van der Waals surface area contributed by atoms with Crippen molar-refractivity contribution in [3.8, 4) is 0 Å². The number of rotatable bonds is 65. The Hall–Kier alpha value is -3.53. The van der Waals surface area contributed by atoms with Crippen molar-refractivity contribution in [2.45, 2.75) is 296 Å². The van der Waals surface area contributed by atoms with Gasteiger partial charge in [0.25, 0.3) is 0 Å². The first kappa shape index (κ1) is 85.5. The van der Waals surface area contributed by atoms with Crippen molar-refractivity contribution in [1.29, 1.82) is 0 Å². The van der Waals surface area contributed by atoms with E-state index in [-0.39, 0.29) is 19.3 Å². The summed E-state index contributed by atoms with van der Waals surface area (Å²) in [5.74, 6) is -1.61. The summed E-state index contributed by atoms with van der Waals surface area (Å²) in [6.45, 7) is 2.50. The highest BCUT2D eigenvalue weighted by atomic mass is 31.2. The summed E-state index contributed by atoms with van der Waals surface area (Å²) in [4.78, 5) is 58.3. The van der Waals surface area contributed by atoms with E-state index in [9.17, 15) is 43.5 Å². The fourth-order valence-corrected chi connectivity index (χ4v) is 10.6. The number of ether oxygens (including phenoxy) is 3. The van der Waals surface area contributed by atoms with E-state index in [2.05, 4.69) is 118 Å². The minimum absolute atomic E-state index is 0.0932. The third kappa shape index (κ3) is 65.8. The van der Waals surface area contributed by atoms with Crippen LogP contribution in [-0.4, -0.2) is 95.9 Å². The van der Waals surface area contributed by atoms with Crippen LogP contribution in [0.4, 0.5) is 0 Å². The van der Waals surface area contributed by atoms with E-state index < -0.39 is 91.5 Å². The van der Waals surface area contributed by atoms with E-state index >= 15 is 0 Å². The van der Waals surface area contributed by atoms with Crippen LogP contribution in [0.25, 0.3) is 0 Å². The highest BCUT2D eigenvalue weighted by Crippen LogP contribution is 2.45. The molecular formula is C71H124O16P2. The average molecular weight is 1300 g/mol. The molecule has 514 valence electrons. The predicted molar refractivity (Wildman–Crippen MR) is 362 cm³/mol. The lowest BCUT2D eigenvalue weighted by molar-refractivity contribution is -0.161. The number of hydrogen-bond acceptors (Lipinski definition) is 14. The number of carbonyl (C=O) groups is 3. The number of esters is 3. The van der Waals surface area contributed by atoms with E-state index in [1.165, 1.54) is 77.0 Å². The molecule has 0 aromatic carbocycles. The Kier molecular flexibility index (Phi) is 62.0. The van der Waals surface area contributed by atoms with Gasteiger partial charge in [0.05, 0.1) is 26.4 Å². The number of allylic oxidation sites excluding steroid dienone is 16. The third-order valence-corrected chi connectivity index (χ3v) is 16.2. The Morgan fingerprint density at radius 3 is 0.955 bits per heavy atom.